The molecule has 0 saturated carbocycles. The van der Waals surface area contributed by atoms with Gasteiger partial charge in [0.2, 0.25) is 15.7 Å². The lowest BCUT2D eigenvalue weighted by molar-refractivity contribution is -0.115. The molecule has 0 unspecified atom stereocenters. The van der Waals surface area contributed by atoms with Gasteiger partial charge in [0.15, 0.2) is 5.16 Å². The number of nitrogens with one attached hydrogen (secondary N) is 1. The van der Waals surface area contributed by atoms with Gasteiger partial charge in [0.1, 0.15) is 16.5 Å². The number of nitrogen functional groups attached to an aromatic ring is 1. The number of benzene rings is 2. The fraction of sp³-hybridized carbons (Fsp3) is 0.150. The molecule has 30 heavy (non-hydrogen) atoms. The SMILES string of the molecule is CC[C@@H](Sc1ncc(S(=O)(=O)c2ccccc2)c(N)n1)C(=O)Nc1ccccc1F. The van der Waals surface area contributed by atoms with Crippen molar-refractivity contribution in [1.82, 2.24) is 9.97 Å². The molecule has 0 bridgehead atoms. The van der Waals surface area contributed by atoms with E-state index in [1.54, 1.807) is 31.2 Å². The predicted molar refractivity (Wildman–Crippen MR) is 113 cm³/mol. The Morgan fingerprint density at radius 1 is 1.17 bits per heavy atom. The summed E-state index contributed by atoms with van der Waals surface area (Å²) < 4.78 is 39.2. The zero-order valence-electron chi connectivity index (χ0n) is 15.9. The third kappa shape index (κ3) is 4.77. The van der Waals surface area contributed by atoms with Crippen LogP contribution >= 0.6 is 11.8 Å². The van der Waals surface area contributed by atoms with E-state index >= 15 is 0 Å². The van der Waals surface area contributed by atoms with Gasteiger partial charge in [-0.05, 0) is 30.7 Å². The second-order valence-corrected chi connectivity index (χ2v) is 9.29. The number of thioether (sulfide) groups is 1. The van der Waals surface area contributed by atoms with Crippen LogP contribution in [0.5, 0.6) is 0 Å². The number of halogens is 1. The minimum Gasteiger partial charge on any atom is -0.382 e. The number of nitrogens with two attached hydrogens (primary N) is 1. The second kappa shape index (κ2) is 9.23. The number of aromatic nitrogens is 2. The van der Waals surface area contributed by atoms with Gasteiger partial charge in [-0.2, -0.15) is 0 Å². The van der Waals surface area contributed by atoms with Gasteiger partial charge < -0.3 is 11.1 Å². The van der Waals surface area contributed by atoms with Crippen molar-refractivity contribution in [3.63, 3.8) is 0 Å². The maximum Gasteiger partial charge on any atom is 0.238 e. The van der Waals surface area contributed by atoms with Gasteiger partial charge in [0, 0.05) is 0 Å². The molecule has 10 heteroatoms. The fourth-order valence-electron chi connectivity index (χ4n) is 2.58. The van der Waals surface area contributed by atoms with Crippen LogP contribution in [0.3, 0.4) is 0 Å². The van der Waals surface area contributed by atoms with E-state index in [1.807, 2.05) is 0 Å². The van der Waals surface area contributed by atoms with Crippen molar-refractivity contribution in [1.29, 1.82) is 0 Å². The monoisotopic (exact) mass is 446 g/mol. The van der Waals surface area contributed by atoms with Crippen molar-refractivity contribution >= 4 is 39.0 Å². The first kappa shape index (κ1) is 21.7. The molecule has 7 nitrogen and oxygen atoms in total. The van der Waals surface area contributed by atoms with E-state index in [9.17, 15) is 17.6 Å². The van der Waals surface area contributed by atoms with Gasteiger partial charge in [0.25, 0.3) is 0 Å². The number of carbonyl (C=O) groups is 1. The van der Waals surface area contributed by atoms with Gasteiger partial charge >= 0.3 is 0 Å². The van der Waals surface area contributed by atoms with Crippen molar-refractivity contribution in [3.05, 3.63) is 66.6 Å². The average Bonchev–Trinajstić information content (AvgIpc) is 2.74. The van der Waals surface area contributed by atoms with Gasteiger partial charge in [-0.25, -0.2) is 22.8 Å². The zero-order valence-corrected chi connectivity index (χ0v) is 17.6. The highest BCUT2D eigenvalue weighted by molar-refractivity contribution is 8.00. The first-order valence-electron chi connectivity index (χ1n) is 8.97. The molecule has 0 saturated heterocycles. The van der Waals surface area contributed by atoms with Crippen molar-refractivity contribution in [2.75, 3.05) is 11.1 Å². The van der Waals surface area contributed by atoms with Crippen LogP contribution in [0, 0.1) is 5.82 Å². The highest BCUT2D eigenvalue weighted by Crippen LogP contribution is 2.28. The summed E-state index contributed by atoms with van der Waals surface area (Å²) in [6, 6.07) is 13.7. The molecule has 0 radical (unpaired) electrons. The third-order valence-corrected chi connectivity index (χ3v) is 7.17. The number of sulfone groups is 1. The van der Waals surface area contributed by atoms with E-state index in [0.29, 0.717) is 6.42 Å². The van der Waals surface area contributed by atoms with Crippen LogP contribution in [0.1, 0.15) is 13.3 Å². The molecular formula is C20H19FN4O3S2. The van der Waals surface area contributed by atoms with Crippen molar-refractivity contribution in [2.24, 2.45) is 0 Å². The van der Waals surface area contributed by atoms with Crippen molar-refractivity contribution < 1.29 is 17.6 Å². The quantitative estimate of drug-likeness (QED) is 0.421. The lowest BCUT2D eigenvalue weighted by Gasteiger charge is -2.15. The molecule has 0 fully saturated rings. The minimum atomic E-state index is -3.86. The Morgan fingerprint density at radius 2 is 1.83 bits per heavy atom. The van der Waals surface area contributed by atoms with Crippen molar-refractivity contribution in [3.8, 4) is 0 Å². The van der Waals surface area contributed by atoms with E-state index in [1.165, 1.54) is 30.3 Å². The number of nitrogens with zero attached hydrogens (tertiary/aromatic N) is 2. The molecule has 3 N–H and O–H groups in total. The number of amides is 1. The highest BCUT2D eigenvalue weighted by Gasteiger charge is 2.24. The average molecular weight is 447 g/mol. The van der Waals surface area contributed by atoms with Crippen LogP contribution in [0.15, 0.2) is 75.7 Å². The molecule has 1 amide bonds. The van der Waals surface area contributed by atoms with Crippen molar-refractivity contribution in [2.45, 2.75) is 33.5 Å². The molecule has 2 aromatic carbocycles. The normalized spacial score (nSPS) is 12.3. The Morgan fingerprint density at radius 3 is 2.47 bits per heavy atom. The molecule has 156 valence electrons. The first-order chi connectivity index (χ1) is 14.3. The molecule has 0 spiro atoms. The fourth-order valence-corrected chi connectivity index (χ4v) is 4.72. The summed E-state index contributed by atoms with van der Waals surface area (Å²) in [7, 11) is -3.86. The topological polar surface area (TPSA) is 115 Å². The predicted octanol–water partition coefficient (Wildman–Crippen LogP) is 3.54. The lowest BCUT2D eigenvalue weighted by Crippen LogP contribution is -2.25. The summed E-state index contributed by atoms with van der Waals surface area (Å²) in [5, 5.41) is 2.06. The Hall–Kier alpha value is -2.98. The van der Waals surface area contributed by atoms with Crippen LogP contribution < -0.4 is 11.1 Å². The molecule has 3 rings (SSSR count). The minimum absolute atomic E-state index is 0.0753. The Bertz CT molecular complexity index is 1160. The largest absolute Gasteiger partial charge is 0.382 e. The van der Waals surface area contributed by atoms with Crippen LogP contribution in [0.25, 0.3) is 0 Å². The molecule has 0 aliphatic heterocycles. The van der Waals surface area contributed by atoms with E-state index in [4.69, 9.17) is 5.73 Å². The lowest BCUT2D eigenvalue weighted by atomic mass is 10.2. The number of rotatable bonds is 7. The smallest absolute Gasteiger partial charge is 0.238 e. The maximum atomic E-state index is 13.8. The van der Waals surface area contributed by atoms with Crippen LogP contribution in [0.2, 0.25) is 0 Å². The number of para-hydroxylation sites is 1. The van der Waals surface area contributed by atoms with Gasteiger partial charge in [0.05, 0.1) is 22.0 Å². The van der Waals surface area contributed by atoms with Gasteiger partial charge in [-0.15, -0.1) is 0 Å². The molecule has 1 aromatic heterocycles. The maximum absolute atomic E-state index is 13.8. The van der Waals surface area contributed by atoms with E-state index in [2.05, 4.69) is 15.3 Å². The molecular weight excluding hydrogens is 427 g/mol. The Kier molecular flexibility index (Phi) is 6.68. The van der Waals surface area contributed by atoms with Crippen LogP contribution in [-0.4, -0.2) is 29.5 Å². The molecule has 3 aromatic rings. The standard InChI is InChI=1S/C20H19FN4O3S2/c1-2-16(19(26)24-15-11-7-6-10-14(15)21)29-20-23-12-17(18(22)25-20)30(27,28)13-8-4-3-5-9-13/h3-12,16H,2H2,1H3,(H,24,26)(H2,22,23,25)/t16-/m1/s1. The summed E-state index contributed by atoms with van der Waals surface area (Å²) in [6.45, 7) is 1.79. The summed E-state index contributed by atoms with van der Waals surface area (Å²) >= 11 is 1.02. The van der Waals surface area contributed by atoms with Crippen LogP contribution in [-0.2, 0) is 14.6 Å². The van der Waals surface area contributed by atoms with E-state index < -0.39 is 26.8 Å². The summed E-state index contributed by atoms with van der Waals surface area (Å²) in [4.78, 5) is 20.5. The zero-order chi connectivity index (χ0) is 21.7. The molecule has 1 heterocycles. The number of hydrogen-bond donors (Lipinski definition) is 2. The van der Waals surface area contributed by atoms with E-state index in [-0.39, 0.29) is 26.5 Å². The van der Waals surface area contributed by atoms with E-state index in [0.717, 1.165) is 18.0 Å². The summed E-state index contributed by atoms with van der Waals surface area (Å²) in [6.07, 6.45) is 1.55. The summed E-state index contributed by atoms with van der Waals surface area (Å²) in [5.41, 5.74) is 5.96. The number of anilines is 2. The van der Waals surface area contributed by atoms with Crippen LogP contribution in [0.4, 0.5) is 15.9 Å². The second-order valence-electron chi connectivity index (χ2n) is 6.20. The molecule has 1 atom stereocenters. The Labute approximate surface area is 177 Å². The summed E-state index contributed by atoms with van der Waals surface area (Å²) in [5.74, 6) is -1.17. The number of carbonyl (C=O) groups excluding carboxylic acids is 1. The first-order valence-corrected chi connectivity index (χ1v) is 11.3. The van der Waals surface area contributed by atoms with Gasteiger partial charge in [-0.3, -0.25) is 4.79 Å². The number of hydrogen-bond acceptors (Lipinski definition) is 7. The highest BCUT2D eigenvalue weighted by atomic mass is 32.2. The van der Waals surface area contributed by atoms with Gasteiger partial charge in [-0.1, -0.05) is 49.0 Å². The molecule has 0 aliphatic carbocycles. The molecule has 0 aliphatic rings. The Balaban J connectivity index is 1.79. The third-order valence-electron chi connectivity index (χ3n) is 4.15.